The topological polar surface area (TPSA) is 43.9 Å². The SMILES string of the molecule is O=C(C1CCN(c2ccccc2Br)C1=O)N1CCN2CCCCC2C1. The van der Waals surface area contributed by atoms with Crippen LogP contribution in [-0.2, 0) is 9.59 Å². The number of rotatable bonds is 2. The molecule has 2 atom stereocenters. The number of fused-ring (bicyclic) bond motifs is 1. The number of carbonyl (C=O) groups excluding carboxylic acids is 2. The first-order chi connectivity index (χ1) is 12.1. The van der Waals surface area contributed by atoms with E-state index in [0.717, 1.165) is 36.3 Å². The van der Waals surface area contributed by atoms with E-state index in [1.807, 2.05) is 29.2 Å². The Morgan fingerprint density at radius 3 is 2.72 bits per heavy atom. The molecule has 3 aliphatic heterocycles. The zero-order valence-electron chi connectivity index (χ0n) is 14.4. The molecule has 0 N–H and O–H groups in total. The molecule has 0 saturated carbocycles. The summed E-state index contributed by atoms with van der Waals surface area (Å²) in [4.78, 5) is 32.1. The number of carbonyl (C=O) groups is 2. The van der Waals surface area contributed by atoms with Crippen LogP contribution in [0.15, 0.2) is 28.7 Å². The summed E-state index contributed by atoms with van der Waals surface area (Å²) in [6.07, 6.45) is 4.31. The maximum Gasteiger partial charge on any atom is 0.239 e. The van der Waals surface area contributed by atoms with Gasteiger partial charge in [0.25, 0.3) is 0 Å². The first-order valence-corrected chi connectivity index (χ1v) is 10.0. The van der Waals surface area contributed by atoms with Crippen LogP contribution in [0.25, 0.3) is 0 Å². The zero-order chi connectivity index (χ0) is 17.4. The van der Waals surface area contributed by atoms with E-state index in [4.69, 9.17) is 0 Å². The molecule has 0 bridgehead atoms. The van der Waals surface area contributed by atoms with E-state index in [0.29, 0.717) is 19.0 Å². The second-order valence-electron chi connectivity index (χ2n) is 7.25. The molecule has 6 heteroatoms. The first kappa shape index (κ1) is 17.0. The normalized spacial score (nSPS) is 27.5. The molecule has 3 aliphatic rings. The van der Waals surface area contributed by atoms with Gasteiger partial charge in [-0.15, -0.1) is 0 Å². The Morgan fingerprint density at radius 2 is 1.88 bits per heavy atom. The maximum atomic E-state index is 13.0. The molecule has 3 saturated heterocycles. The van der Waals surface area contributed by atoms with E-state index in [1.165, 1.54) is 19.3 Å². The van der Waals surface area contributed by atoms with Gasteiger partial charge in [-0.3, -0.25) is 14.5 Å². The molecule has 25 heavy (non-hydrogen) atoms. The summed E-state index contributed by atoms with van der Waals surface area (Å²) in [5, 5.41) is 0. The molecular formula is C19H24BrN3O2. The predicted octanol–water partition coefficient (Wildman–Crippen LogP) is 2.50. The maximum absolute atomic E-state index is 13.0. The van der Waals surface area contributed by atoms with Crippen molar-refractivity contribution < 1.29 is 9.59 Å². The molecule has 1 aromatic rings. The number of nitrogens with zero attached hydrogens (tertiary/aromatic N) is 3. The molecule has 2 unspecified atom stereocenters. The van der Waals surface area contributed by atoms with Gasteiger partial charge in [0.05, 0.1) is 5.69 Å². The van der Waals surface area contributed by atoms with Crippen molar-refractivity contribution in [1.29, 1.82) is 0 Å². The molecule has 3 fully saturated rings. The smallest absolute Gasteiger partial charge is 0.239 e. The number of anilines is 1. The van der Waals surface area contributed by atoms with Crippen LogP contribution in [0, 0.1) is 5.92 Å². The van der Waals surface area contributed by atoms with Crippen LogP contribution in [0.4, 0.5) is 5.69 Å². The number of hydrogen-bond acceptors (Lipinski definition) is 3. The van der Waals surface area contributed by atoms with Gasteiger partial charge < -0.3 is 9.80 Å². The molecule has 0 aromatic heterocycles. The van der Waals surface area contributed by atoms with E-state index in [9.17, 15) is 9.59 Å². The third kappa shape index (κ3) is 3.22. The van der Waals surface area contributed by atoms with Crippen LogP contribution >= 0.6 is 15.9 Å². The number of para-hydroxylation sites is 1. The highest BCUT2D eigenvalue weighted by Gasteiger charge is 2.42. The average molecular weight is 406 g/mol. The van der Waals surface area contributed by atoms with Crippen molar-refractivity contribution >= 4 is 33.4 Å². The van der Waals surface area contributed by atoms with E-state index in [-0.39, 0.29) is 11.8 Å². The van der Waals surface area contributed by atoms with Crippen LogP contribution in [0.3, 0.4) is 0 Å². The molecule has 134 valence electrons. The Balaban J connectivity index is 1.45. The van der Waals surface area contributed by atoms with Gasteiger partial charge in [0.15, 0.2) is 0 Å². The number of piperidine rings is 1. The zero-order valence-corrected chi connectivity index (χ0v) is 16.0. The molecule has 3 heterocycles. The largest absolute Gasteiger partial charge is 0.339 e. The van der Waals surface area contributed by atoms with E-state index in [2.05, 4.69) is 20.8 Å². The number of hydrogen-bond donors (Lipinski definition) is 0. The highest BCUT2D eigenvalue weighted by molar-refractivity contribution is 9.10. The van der Waals surface area contributed by atoms with Crippen LogP contribution in [0.5, 0.6) is 0 Å². The number of amides is 2. The summed E-state index contributed by atoms with van der Waals surface area (Å²) in [6.45, 7) is 4.27. The van der Waals surface area contributed by atoms with Gasteiger partial charge in [-0.05, 0) is 53.9 Å². The van der Waals surface area contributed by atoms with Crippen molar-refractivity contribution in [3.8, 4) is 0 Å². The molecule has 0 aliphatic carbocycles. The average Bonchev–Trinajstić information content (AvgIpc) is 3.02. The van der Waals surface area contributed by atoms with E-state index in [1.54, 1.807) is 4.90 Å². The predicted molar refractivity (Wildman–Crippen MR) is 100 cm³/mol. The van der Waals surface area contributed by atoms with Crippen molar-refractivity contribution in [3.05, 3.63) is 28.7 Å². The quantitative estimate of drug-likeness (QED) is 0.709. The first-order valence-electron chi connectivity index (χ1n) is 9.24. The number of benzene rings is 1. The second-order valence-corrected chi connectivity index (χ2v) is 8.11. The third-order valence-corrected chi connectivity index (χ3v) is 6.47. The highest BCUT2D eigenvalue weighted by atomic mass is 79.9. The van der Waals surface area contributed by atoms with Gasteiger partial charge >= 0.3 is 0 Å². The Labute approximate surface area is 157 Å². The lowest BCUT2D eigenvalue weighted by atomic mass is 9.98. The summed E-state index contributed by atoms with van der Waals surface area (Å²) in [5.74, 6) is -0.532. The van der Waals surface area contributed by atoms with Crippen molar-refractivity contribution in [2.45, 2.75) is 31.7 Å². The minimum Gasteiger partial charge on any atom is -0.339 e. The molecule has 4 rings (SSSR count). The highest BCUT2D eigenvalue weighted by Crippen LogP contribution is 2.32. The van der Waals surface area contributed by atoms with Crippen LogP contribution in [0.2, 0.25) is 0 Å². The Bertz CT molecular complexity index is 680. The monoisotopic (exact) mass is 405 g/mol. The summed E-state index contributed by atoms with van der Waals surface area (Å²) in [7, 11) is 0. The molecule has 5 nitrogen and oxygen atoms in total. The van der Waals surface area contributed by atoms with Crippen LogP contribution in [-0.4, -0.2) is 60.4 Å². The van der Waals surface area contributed by atoms with E-state index < -0.39 is 5.92 Å². The van der Waals surface area contributed by atoms with Crippen molar-refractivity contribution in [2.75, 3.05) is 37.6 Å². The number of piperazine rings is 1. The second kappa shape index (κ2) is 7.08. The van der Waals surface area contributed by atoms with Gasteiger partial charge in [0.1, 0.15) is 5.92 Å². The lowest BCUT2D eigenvalue weighted by Gasteiger charge is -2.44. The lowest BCUT2D eigenvalue weighted by Crippen LogP contribution is -2.57. The fraction of sp³-hybridized carbons (Fsp3) is 0.579. The standard InChI is InChI=1S/C19H24BrN3O2/c20-16-6-1-2-7-17(16)23-10-8-15(19(23)25)18(24)22-12-11-21-9-4-3-5-14(21)13-22/h1-2,6-7,14-15H,3-5,8-13H2. The molecule has 2 amide bonds. The van der Waals surface area contributed by atoms with Gasteiger partial charge in [-0.25, -0.2) is 0 Å². The lowest BCUT2D eigenvalue weighted by molar-refractivity contribution is -0.142. The summed E-state index contributed by atoms with van der Waals surface area (Å²) >= 11 is 3.51. The molecule has 0 spiro atoms. The van der Waals surface area contributed by atoms with Crippen LogP contribution < -0.4 is 4.90 Å². The van der Waals surface area contributed by atoms with Gasteiger partial charge in [-0.2, -0.15) is 0 Å². The van der Waals surface area contributed by atoms with Crippen molar-refractivity contribution in [3.63, 3.8) is 0 Å². The Kier molecular flexibility index (Phi) is 4.82. The Hall–Kier alpha value is -1.40. The fourth-order valence-electron chi connectivity index (χ4n) is 4.40. The van der Waals surface area contributed by atoms with Crippen LogP contribution in [0.1, 0.15) is 25.7 Å². The summed E-state index contributed by atoms with van der Waals surface area (Å²) in [6, 6.07) is 8.20. The fourth-order valence-corrected chi connectivity index (χ4v) is 4.89. The Morgan fingerprint density at radius 1 is 1.04 bits per heavy atom. The number of halogens is 1. The summed E-state index contributed by atoms with van der Waals surface area (Å²) < 4.78 is 0.896. The third-order valence-electron chi connectivity index (χ3n) is 5.80. The van der Waals surface area contributed by atoms with Gasteiger partial charge in [0.2, 0.25) is 11.8 Å². The van der Waals surface area contributed by atoms with Crippen molar-refractivity contribution in [2.24, 2.45) is 5.92 Å². The molecular weight excluding hydrogens is 382 g/mol. The van der Waals surface area contributed by atoms with E-state index >= 15 is 0 Å². The van der Waals surface area contributed by atoms with Gasteiger partial charge in [0, 0.05) is 36.7 Å². The van der Waals surface area contributed by atoms with Gasteiger partial charge in [-0.1, -0.05) is 18.6 Å². The molecule has 1 aromatic carbocycles. The summed E-state index contributed by atoms with van der Waals surface area (Å²) in [5.41, 5.74) is 0.861. The minimum atomic E-state index is -0.512. The minimum absolute atomic E-state index is 0.0322. The van der Waals surface area contributed by atoms with Crippen molar-refractivity contribution in [1.82, 2.24) is 9.80 Å². The molecule has 0 radical (unpaired) electrons.